The molecule has 2 fully saturated rings. The smallest absolute Gasteiger partial charge is 0.326 e. The van der Waals surface area contributed by atoms with Crippen molar-refractivity contribution in [1.29, 1.82) is 0 Å². The molecule has 0 aromatic carbocycles. The van der Waals surface area contributed by atoms with Gasteiger partial charge in [-0.1, -0.05) is 0 Å². The lowest BCUT2D eigenvalue weighted by Gasteiger charge is -2.22. The number of carbonyl (C=O) groups excluding carboxylic acids is 1. The molecule has 6 heteroatoms. The maximum Gasteiger partial charge on any atom is 0.326 e. The fourth-order valence-electron chi connectivity index (χ4n) is 2.72. The quantitative estimate of drug-likeness (QED) is 0.760. The van der Waals surface area contributed by atoms with Crippen LogP contribution in [0.4, 0.5) is 8.78 Å². The summed E-state index contributed by atoms with van der Waals surface area (Å²) in [6.45, 7) is 1.22. The minimum absolute atomic E-state index is 0.189. The Hall–Kier alpha value is -1.20. The van der Waals surface area contributed by atoms with E-state index in [9.17, 15) is 18.4 Å². The van der Waals surface area contributed by atoms with Gasteiger partial charge in [-0.05, 0) is 18.8 Å². The van der Waals surface area contributed by atoms with Gasteiger partial charge in [-0.15, -0.1) is 0 Å². The average molecular weight is 233 g/mol. The molecule has 4 atom stereocenters. The number of fused-ring (bicyclic) bond motifs is 1. The molecule has 90 valence electrons. The molecule has 0 spiro atoms. The summed E-state index contributed by atoms with van der Waals surface area (Å²) in [7, 11) is 0. The molecular weight excluding hydrogens is 220 g/mol. The van der Waals surface area contributed by atoms with Crippen molar-refractivity contribution in [2.75, 3.05) is 0 Å². The van der Waals surface area contributed by atoms with Gasteiger partial charge in [-0.2, -0.15) is 0 Å². The molecule has 0 radical (unpaired) electrons. The second-order valence-corrected chi connectivity index (χ2v) is 4.64. The zero-order valence-corrected chi connectivity index (χ0v) is 8.74. The SMILES string of the molecule is CC(=O)NC(C(=O)O)[C@H]1C[C@@H]2[C@H](C1)C2(F)F. The van der Waals surface area contributed by atoms with Crippen molar-refractivity contribution in [3.05, 3.63) is 0 Å². The molecule has 2 aliphatic carbocycles. The summed E-state index contributed by atoms with van der Waals surface area (Å²) < 4.78 is 25.8. The first-order valence-electron chi connectivity index (χ1n) is 5.21. The number of carboxylic acid groups (broad SMARTS) is 1. The van der Waals surface area contributed by atoms with Crippen LogP contribution in [-0.2, 0) is 9.59 Å². The van der Waals surface area contributed by atoms with Gasteiger partial charge in [0.2, 0.25) is 5.91 Å². The van der Waals surface area contributed by atoms with E-state index in [1.807, 2.05) is 0 Å². The van der Waals surface area contributed by atoms with Gasteiger partial charge in [0, 0.05) is 18.8 Å². The molecule has 0 bridgehead atoms. The van der Waals surface area contributed by atoms with E-state index < -0.39 is 35.7 Å². The maximum atomic E-state index is 12.9. The van der Waals surface area contributed by atoms with Gasteiger partial charge in [0.1, 0.15) is 6.04 Å². The molecule has 4 nitrogen and oxygen atoms in total. The molecule has 16 heavy (non-hydrogen) atoms. The molecular formula is C10H13F2NO3. The Kier molecular flexibility index (Phi) is 2.40. The number of aliphatic carboxylic acids is 1. The molecule has 0 heterocycles. The second-order valence-electron chi connectivity index (χ2n) is 4.64. The van der Waals surface area contributed by atoms with Gasteiger partial charge < -0.3 is 10.4 Å². The lowest BCUT2D eigenvalue weighted by molar-refractivity contribution is -0.143. The summed E-state index contributed by atoms with van der Waals surface area (Å²) in [4.78, 5) is 21.7. The molecule has 1 unspecified atom stereocenters. The minimum Gasteiger partial charge on any atom is -0.480 e. The summed E-state index contributed by atoms with van der Waals surface area (Å²) in [5, 5.41) is 11.2. The van der Waals surface area contributed by atoms with E-state index in [0.717, 1.165) is 0 Å². The fraction of sp³-hybridized carbons (Fsp3) is 0.800. The highest BCUT2D eigenvalue weighted by Gasteiger charge is 2.72. The van der Waals surface area contributed by atoms with Crippen molar-refractivity contribution < 1.29 is 23.5 Å². The Labute approximate surface area is 91.0 Å². The van der Waals surface area contributed by atoms with Gasteiger partial charge >= 0.3 is 5.97 Å². The van der Waals surface area contributed by atoms with Crippen LogP contribution in [0, 0.1) is 17.8 Å². The van der Waals surface area contributed by atoms with E-state index in [0.29, 0.717) is 0 Å². The van der Waals surface area contributed by atoms with Crippen LogP contribution in [-0.4, -0.2) is 28.9 Å². The van der Waals surface area contributed by atoms with Crippen LogP contribution in [0.15, 0.2) is 0 Å². The Morgan fingerprint density at radius 1 is 1.38 bits per heavy atom. The molecule has 0 aromatic heterocycles. The van der Waals surface area contributed by atoms with Crippen LogP contribution in [0.2, 0.25) is 0 Å². The number of alkyl halides is 2. The van der Waals surface area contributed by atoms with Crippen LogP contribution in [0.1, 0.15) is 19.8 Å². The van der Waals surface area contributed by atoms with Gasteiger partial charge in [-0.3, -0.25) is 4.79 Å². The molecule has 2 aliphatic rings. The van der Waals surface area contributed by atoms with Crippen molar-refractivity contribution in [2.24, 2.45) is 17.8 Å². The highest BCUT2D eigenvalue weighted by atomic mass is 19.3. The van der Waals surface area contributed by atoms with E-state index in [4.69, 9.17) is 5.11 Å². The van der Waals surface area contributed by atoms with Crippen molar-refractivity contribution >= 4 is 11.9 Å². The Morgan fingerprint density at radius 2 is 1.88 bits per heavy atom. The lowest BCUT2D eigenvalue weighted by atomic mass is 9.94. The van der Waals surface area contributed by atoms with E-state index in [2.05, 4.69) is 5.32 Å². The predicted octanol–water partition coefficient (Wildman–Crippen LogP) is 0.867. The normalized spacial score (nSPS) is 36.3. The maximum absolute atomic E-state index is 12.9. The van der Waals surface area contributed by atoms with E-state index in [-0.39, 0.29) is 18.8 Å². The molecule has 0 saturated heterocycles. The molecule has 1 amide bonds. The van der Waals surface area contributed by atoms with E-state index in [1.54, 1.807) is 0 Å². The summed E-state index contributed by atoms with van der Waals surface area (Å²) in [5.74, 6) is -5.91. The number of hydrogen-bond acceptors (Lipinski definition) is 2. The number of halogens is 2. The third-order valence-corrected chi connectivity index (χ3v) is 3.57. The van der Waals surface area contributed by atoms with Crippen LogP contribution in [0.5, 0.6) is 0 Å². The first kappa shape index (κ1) is 11.3. The fourth-order valence-corrected chi connectivity index (χ4v) is 2.72. The first-order valence-corrected chi connectivity index (χ1v) is 5.21. The zero-order valence-electron chi connectivity index (χ0n) is 8.74. The number of hydrogen-bond donors (Lipinski definition) is 2. The zero-order chi connectivity index (χ0) is 12.1. The van der Waals surface area contributed by atoms with Crippen molar-refractivity contribution in [3.8, 4) is 0 Å². The first-order chi connectivity index (χ1) is 7.34. The largest absolute Gasteiger partial charge is 0.480 e. The van der Waals surface area contributed by atoms with E-state index in [1.165, 1.54) is 6.92 Å². The number of amides is 1. The number of rotatable bonds is 3. The highest BCUT2D eigenvalue weighted by Crippen LogP contribution is 2.66. The lowest BCUT2D eigenvalue weighted by Crippen LogP contribution is -2.45. The van der Waals surface area contributed by atoms with Gasteiger partial charge in [0.25, 0.3) is 5.92 Å². The van der Waals surface area contributed by atoms with Crippen LogP contribution < -0.4 is 5.32 Å². The van der Waals surface area contributed by atoms with Crippen molar-refractivity contribution in [2.45, 2.75) is 31.7 Å². The third kappa shape index (κ3) is 1.66. The Balaban J connectivity index is 1.98. The standard InChI is InChI=1S/C10H13F2NO3/c1-4(14)13-8(9(15)16)5-2-6-7(3-5)10(6,11)12/h5-8H,2-3H2,1H3,(H,13,14)(H,15,16)/t5-,6+,7-,8?. The van der Waals surface area contributed by atoms with E-state index >= 15 is 0 Å². The van der Waals surface area contributed by atoms with Gasteiger partial charge in [0.05, 0.1) is 0 Å². The number of carbonyl (C=O) groups is 2. The average Bonchev–Trinajstić information content (AvgIpc) is 2.59. The Bertz CT molecular complexity index is 331. The van der Waals surface area contributed by atoms with Gasteiger partial charge in [0.15, 0.2) is 0 Å². The topological polar surface area (TPSA) is 66.4 Å². The van der Waals surface area contributed by atoms with Crippen molar-refractivity contribution in [1.82, 2.24) is 5.32 Å². The highest BCUT2D eigenvalue weighted by molar-refractivity contribution is 5.82. The Morgan fingerprint density at radius 3 is 2.25 bits per heavy atom. The molecule has 2 rings (SSSR count). The minimum atomic E-state index is -2.60. The van der Waals surface area contributed by atoms with Gasteiger partial charge in [-0.25, -0.2) is 13.6 Å². The van der Waals surface area contributed by atoms with Crippen LogP contribution in [0.25, 0.3) is 0 Å². The summed E-state index contributed by atoms with van der Waals surface area (Å²) in [5.41, 5.74) is 0. The monoisotopic (exact) mass is 233 g/mol. The molecule has 0 aliphatic heterocycles. The van der Waals surface area contributed by atoms with Crippen molar-refractivity contribution in [3.63, 3.8) is 0 Å². The summed E-state index contributed by atoms with van der Waals surface area (Å²) in [6, 6.07) is -1.03. The molecule has 0 aromatic rings. The third-order valence-electron chi connectivity index (χ3n) is 3.57. The second kappa shape index (κ2) is 3.40. The summed E-state index contributed by atoms with van der Waals surface area (Å²) >= 11 is 0. The number of nitrogens with one attached hydrogen (secondary N) is 1. The molecule has 2 saturated carbocycles. The number of carboxylic acids is 1. The molecule has 2 N–H and O–H groups in total. The summed E-state index contributed by atoms with van der Waals surface area (Å²) in [6.07, 6.45) is 0.379. The van der Waals surface area contributed by atoms with Crippen LogP contribution in [0.3, 0.4) is 0 Å². The predicted molar refractivity (Wildman–Crippen MR) is 49.9 cm³/mol. The van der Waals surface area contributed by atoms with Crippen LogP contribution >= 0.6 is 0 Å².